The van der Waals surface area contributed by atoms with E-state index in [0.717, 1.165) is 54.9 Å². The molecule has 1 fully saturated rings. The topological polar surface area (TPSA) is 48.7 Å². The van der Waals surface area contributed by atoms with Crippen molar-refractivity contribution in [2.24, 2.45) is 0 Å². The molecule has 0 radical (unpaired) electrons. The highest BCUT2D eigenvalue weighted by Crippen LogP contribution is 2.24. The van der Waals surface area contributed by atoms with Gasteiger partial charge in [-0.25, -0.2) is 4.79 Å². The Morgan fingerprint density at radius 1 is 1.07 bits per heavy atom. The summed E-state index contributed by atoms with van der Waals surface area (Å²) in [4.78, 5) is 16.2. The van der Waals surface area contributed by atoms with Crippen LogP contribution < -0.4 is 10.9 Å². The number of hydrogen-bond donors (Lipinski definition) is 1. The van der Waals surface area contributed by atoms with Crippen molar-refractivity contribution >= 4 is 57.2 Å². The Kier molecular flexibility index (Phi) is 6.29. The molecule has 0 saturated carbocycles. The summed E-state index contributed by atoms with van der Waals surface area (Å²) in [6, 6.07) is 13.0. The minimum absolute atomic E-state index is 0.349. The summed E-state index contributed by atoms with van der Waals surface area (Å²) >= 11 is 17.7. The molecule has 0 atom stereocenters. The van der Waals surface area contributed by atoms with Crippen molar-refractivity contribution in [3.8, 4) is 0 Å². The second-order valence-corrected chi connectivity index (χ2v) is 8.60. The molecular weight excluding hydrogens is 441 g/mol. The van der Waals surface area contributed by atoms with Crippen molar-refractivity contribution < 1.29 is 4.42 Å². The van der Waals surface area contributed by atoms with Gasteiger partial charge >= 0.3 is 5.63 Å². The Morgan fingerprint density at radius 3 is 2.57 bits per heavy atom. The molecule has 0 bridgehead atoms. The van der Waals surface area contributed by atoms with Crippen molar-refractivity contribution in [2.75, 3.05) is 31.5 Å². The number of aryl methyl sites for hydroxylation is 1. The van der Waals surface area contributed by atoms with Gasteiger partial charge in [-0.2, -0.15) is 0 Å². The first-order chi connectivity index (χ1) is 14.4. The number of thiocarbonyl (C=S) groups is 1. The number of fused-ring (bicyclic) bond motifs is 1. The Labute approximate surface area is 190 Å². The predicted octanol–water partition coefficient (Wildman–Crippen LogP) is 4.92. The third kappa shape index (κ3) is 4.78. The maximum atomic E-state index is 11.6. The normalized spacial score (nSPS) is 14.8. The summed E-state index contributed by atoms with van der Waals surface area (Å²) in [5.74, 6) is 0. The van der Waals surface area contributed by atoms with Crippen LogP contribution in [0, 0.1) is 6.92 Å². The molecule has 1 saturated heterocycles. The van der Waals surface area contributed by atoms with E-state index in [2.05, 4.69) is 15.1 Å². The average Bonchev–Trinajstić information content (AvgIpc) is 2.71. The molecule has 1 aromatic heterocycles. The summed E-state index contributed by atoms with van der Waals surface area (Å²) in [7, 11) is 0. The maximum Gasteiger partial charge on any atom is 0.336 e. The fraction of sp³-hybridized carbons (Fsp3) is 0.273. The molecule has 30 heavy (non-hydrogen) atoms. The van der Waals surface area contributed by atoms with Crippen LogP contribution in [0.3, 0.4) is 0 Å². The highest BCUT2D eigenvalue weighted by atomic mass is 35.5. The van der Waals surface area contributed by atoms with Crippen LogP contribution in [0.2, 0.25) is 10.0 Å². The minimum Gasteiger partial charge on any atom is -0.423 e. The SMILES string of the molecule is Cc1cc(=O)oc2cc(NC(=S)N3CCN(Cc4ccc(Cl)c(Cl)c4)CC3)ccc12. The molecule has 0 spiro atoms. The number of nitrogens with zero attached hydrogens (tertiary/aromatic N) is 2. The second-order valence-electron chi connectivity index (χ2n) is 7.40. The number of benzene rings is 2. The van der Waals surface area contributed by atoms with E-state index in [1.54, 1.807) is 0 Å². The Balaban J connectivity index is 1.35. The van der Waals surface area contributed by atoms with Crippen LogP contribution >= 0.6 is 35.4 Å². The monoisotopic (exact) mass is 461 g/mol. The predicted molar refractivity (Wildman–Crippen MR) is 127 cm³/mol. The van der Waals surface area contributed by atoms with Crippen LogP contribution in [0.25, 0.3) is 11.0 Å². The van der Waals surface area contributed by atoms with Crippen molar-refractivity contribution in [3.05, 3.63) is 74.1 Å². The van der Waals surface area contributed by atoms with Crippen molar-refractivity contribution in [2.45, 2.75) is 13.5 Å². The van der Waals surface area contributed by atoms with Gasteiger partial charge in [0.05, 0.1) is 10.0 Å². The lowest BCUT2D eigenvalue weighted by Gasteiger charge is -2.36. The first-order valence-electron chi connectivity index (χ1n) is 9.66. The van der Waals surface area contributed by atoms with E-state index in [9.17, 15) is 4.79 Å². The number of nitrogens with one attached hydrogen (secondary N) is 1. The van der Waals surface area contributed by atoms with Gasteiger partial charge in [0.25, 0.3) is 0 Å². The van der Waals surface area contributed by atoms with E-state index in [4.69, 9.17) is 39.8 Å². The molecule has 0 amide bonds. The van der Waals surface area contributed by atoms with Gasteiger partial charge in [-0.15, -0.1) is 0 Å². The van der Waals surface area contributed by atoms with Crippen LogP contribution in [0.5, 0.6) is 0 Å². The number of halogens is 2. The van der Waals surface area contributed by atoms with Crippen molar-refractivity contribution in [3.63, 3.8) is 0 Å². The lowest BCUT2D eigenvalue weighted by molar-refractivity contribution is 0.177. The van der Waals surface area contributed by atoms with E-state index < -0.39 is 0 Å². The third-order valence-electron chi connectivity index (χ3n) is 5.25. The molecule has 2 aromatic carbocycles. The fourth-order valence-corrected chi connectivity index (χ4v) is 4.23. The molecular formula is C22H21Cl2N3O2S. The molecule has 2 heterocycles. The first kappa shape index (κ1) is 21.1. The van der Waals surface area contributed by atoms with Gasteiger partial charge in [0, 0.05) is 55.9 Å². The molecule has 5 nitrogen and oxygen atoms in total. The maximum absolute atomic E-state index is 11.6. The van der Waals surface area contributed by atoms with Gasteiger partial charge in [-0.1, -0.05) is 29.3 Å². The van der Waals surface area contributed by atoms with Gasteiger partial charge < -0.3 is 14.6 Å². The van der Waals surface area contributed by atoms with Gasteiger partial charge in [-0.05, 0) is 54.5 Å². The largest absolute Gasteiger partial charge is 0.423 e. The quantitative estimate of drug-likeness (QED) is 0.441. The number of piperazine rings is 1. The van der Waals surface area contributed by atoms with Gasteiger partial charge in [0.15, 0.2) is 5.11 Å². The van der Waals surface area contributed by atoms with Crippen LogP contribution in [-0.2, 0) is 6.54 Å². The molecule has 1 N–H and O–H groups in total. The van der Waals surface area contributed by atoms with Crippen molar-refractivity contribution in [1.29, 1.82) is 0 Å². The zero-order chi connectivity index (χ0) is 21.3. The van der Waals surface area contributed by atoms with Crippen LogP contribution in [0.1, 0.15) is 11.1 Å². The molecule has 4 rings (SSSR count). The molecule has 0 aliphatic carbocycles. The van der Waals surface area contributed by atoms with Gasteiger partial charge in [-0.3, -0.25) is 4.90 Å². The minimum atomic E-state index is -0.349. The summed E-state index contributed by atoms with van der Waals surface area (Å²) in [6.07, 6.45) is 0. The Morgan fingerprint density at radius 2 is 1.83 bits per heavy atom. The number of anilines is 1. The van der Waals surface area contributed by atoms with E-state index in [0.29, 0.717) is 20.7 Å². The molecule has 156 valence electrons. The molecule has 8 heteroatoms. The van der Waals surface area contributed by atoms with Crippen LogP contribution in [0.15, 0.2) is 51.7 Å². The Bertz CT molecular complexity index is 1160. The lowest BCUT2D eigenvalue weighted by Crippen LogP contribution is -2.49. The average molecular weight is 462 g/mol. The standard InChI is InChI=1S/C22H21Cl2N3O2S/c1-14-10-21(28)29-20-12-16(3-4-17(14)20)25-22(30)27-8-6-26(7-9-27)13-15-2-5-18(23)19(24)11-15/h2-5,10-12H,6-9,13H2,1H3,(H,25,30). The number of rotatable bonds is 3. The molecule has 0 unspecified atom stereocenters. The highest BCUT2D eigenvalue weighted by molar-refractivity contribution is 7.80. The Hall–Kier alpha value is -2.12. The summed E-state index contributed by atoms with van der Waals surface area (Å²) in [6.45, 7) is 6.17. The van der Waals surface area contributed by atoms with Crippen LogP contribution in [0.4, 0.5) is 5.69 Å². The van der Waals surface area contributed by atoms with Gasteiger partial charge in [0.2, 0.25) is 0 Å². The summed E-state index contributed by atoms with van der Waals surface area (Å²) < 4.78 is 5.32. The second kappa shape index (κ2) is 8.94. The van der Waals surface area contributed by atoms with E-state index in [1.165, 1.54) is 6.07 Å². The van der Waals surface area contributed by atoms with E-state index >= 15 is 0 Å². The van der Waals surface area contributed by atoms with E-state index in [1.807, 2.05) is 43.3 Å². The summed E-state index contributed by atoms with van der Waals surface area (Å²) in [5.41, 5.74) is 3.05. The van der Waals surface area contributed by atoms with Gasteiger partial charge in [0.1, 0.15) is 5.58 Å². The smallest absolute Gasteiger partial charge is 0.336 e. The molecule has 1 aliphatic rings. The lowest BCUT2D eigenvalue weighted by atomic mass is 10.1. The number of hydrogen-bond acceptors (Lipinski definition) is 4. The van der Waals surface area contributed by atoms with Crippen LogP contribution in [-0.4, -0.2) is 41.1 Å². The molecule has 3 aromatic rings. The molecule has 1 aliphatic heterocycles. The third-order valence-corrected chi connectivity index (χ3v) is 6.35. The fourth-order valence-electron chi connectivity index (χ4n) is 3.61. The highest BCUT2D eigenvalue weighted by Gasteiger charge is 2.19. The zero-order valence-corrected chi connectivity index (χ0v) is 18.8. The summed E-state index contributed by atoms with van der Waals surface area (Å²) in [5, 5.41) is 6.01. The van der Waals surface area contributed by atoms with Crippen molar-refractivity contribution in [1.82, 2.24) is 9.80 Å². The zero-order valence-electron chi connectivity index (χ0n) is 16.5. The van der Waals surface area contributed by atoms with E-state index in [-0.39, 0.29) is 5.63 Å². The first-order valence-corrected chi connectivity index (χ1v) is 10.8.